The highest BCUT2D eigenvalue weighted by Crippen LogP contribution is 2.13. The number of hydrogen-bond acceptors (Lipinski definition) is 6. The Labute approximate surface area is 193 Å². The van der Waals surface area contributed by atoms with Gasteiger partial charge in [-0.1, -0.05) is 12.1 Å². The molecule has 5 aromatic heterocycles. The number of rotatable bonds is 5. The molecule has 0 bridgehead atoms. The SMILES string of the molecule is Cc1ccc2nc3c(cc(C(=O)NCc4cccnc4)c(=N)n3Cc3ccncc3)c(=O)n2c1. The fourth-order valence-corrected chi connectivity index (χ4v) is 3.82. The average molecular weight is 451 g/mol. The molecule has 0 saturated heterocycles. The summed E-state index contributed by atoms with van der Waals surface area (Å²) in [4.78, 5) is 39.3. The maximum absolute atomic E-state index is 13.4. The second-order valence-electron chi connectivity index (χ2n) is 7.98. The van der Waals surface area contributed by atoms with Crippen molar-refractivity contribution in [1.82, 2.24) is 29.2 Å². The first kappa shape index (κ1) is 21.2. The number of amides is 1. The normalized spacial score (nSPS) is 11.1. The van der Waals surface area contributed by atoms with Gasteiger partial charge in [-0.3, -0.25) is 29.4 Å². The number of nitrogens with zero attached hydrogens (tertiary/aromatic N) is 5. The summed E-state index contributed by atoms with van der Waals surface area (Å²) in [5, 5.41) is 11.9. The molecule has 5 rings (SSSR count). The Morgan fingerprint density at radius 2 is 1.88 bits per heavy atom. The van der Waals surface area contributed by atoms with Crippen molar-refractivity contribution in [3.05, 3.63) is 112 Å². The molecule has 0 aromatic carbocycles. The van der Waals surface area contributed by atoms with E-state index >= 15 is 0 Å². The van der Waals surface area contributed by atoms with Crippen molar-refractivity contribution < 1.29 is 4.79 Å². The lowest BCUT2D eigenvalue weighted by Crippen LogP contribution is -2.35. The summed E-state index contributed by atoms with van der Waals surface area (Å²) in [5.74, 6) is -0.451. The highest BCUT2D eigenvalue weighted by Gasteiger charge is 2.18. The smallest absolute Gasteiger partial charge is 0.267 e. The van der Waals surface area contributed by atoms with Crippen LogP contribution in [0.5, 0.6) is 0 Å². The molecule has 0 fully saturated rings. The van der Waals surface area contributed by atoms with Gasteiger partial charge in [0.15, 0.2) is 0 Å². The third-order valence-corrected chi connectivity index (χ3v) is 5.57. The first-order valence-electron chi connectivity index (χ1n) is 10.7. The van der Waals surface area contributed by atoms with Gasteiger partial charge in [-0.2, -0.15) is 0 Å². The fourth-order valence-electron chi connectivity index (χ4n) is 3.82. The number of hydrogen-bond donors (Lipinski definition) is 2. The molecule has 9 heteroatoms. The van der Waals surface area contributed by atoms with Gasteiger partial charge in [-0.25, -0.2) is 4.98 Å². The van der Waals surface area contributed by atoms with Gasteiger partial charge in [0.1, 0.15) is 16.8 Å². The van der Waals surface area contributed by atoms with Gasteiger partial charge in [0.25, 0.3) is 11.5 Å². The predicted octanol–water partition coefficient (Wildman–Crippen LogP) is 2.21. The van der Waals surface area contributed by atoms with E-state index in [1.165, 1.54) is 10.5 Å². The summed E-state index contributed by atoms with van der Waals surface area (Å²) in [7, 11) is 0. The predicted molar refractivity (Wildman–Crippen MR) is 126 cm³/mol. The van der Waals surface area contributed by atoms with E-state index in [2.05, 4.69) is 20.3 Å². The molecular formula is C25H21N7O2. The number of carbonyl (C=O) groups excluding carboxylic acids is 1. The van der Waals surface area contributed by atoms with Crippen molar-refractivity contribution in [3.8, 4) is 0 Å². The molecule has 2 N–H and O–H groups in total. The number of nitrogens with one attached hydrogen (secondary N) is 2. The second kappa shape index (κ2) is 8.70. The van der Waals surface area contributed by atoms with Crippen LogP contribution in [0, 0.1) is 12.3 Å². The third kappa shape index (κ3) is 3.95. The van der Waals surface area contributed by atoms with E-state index in [0.29, 0.717) is 11.3 Å². The Kier molecular flexibility index (Phi) is 5.43. The molecule has 0 radical (unpaired) electrons. The van der Waals surface area contributed by atoms with E-state index in [0.717, 1.165) is 16.7 Å². The first-order valence-corrected chi connectivity index (χ1v) is 10.7. The van der Waals surface area contributed by atoms with Crippen molar-refractivity contribution in [2.75, 3.05) is 0 Å². The molecular weight excluding hydrogens is 430 g/mol. The molecule has 0 aliphatic heterocycles. The van der Waals surface area contributed by atoms with Gasteiger partial charge in [-0.15, -0.1) is 0 Å². The Balaban J connectivity index is 1.69. The molecule has 0 aliphatic carbocycles. The molecule has 168 valence electrons. The largest absolute Gasteiger partial charge is 0.348 e. The molecule has 0 atom stereocenters. The molecule has 0 spiro atoms. The van der Waals surface area contributed by atoms with E-state index in [4.69, 9.17) is 5.41 Å². The number of pyridine rings is 4. The van der Waals surface area contributed by atoms with Crippen LogP contribution in [-0.4, -0.2) is 29.8 Å². The summed E-state index contributed by atoms with van der Waals surface area (Å²) < 4.78 is 3.06. The standard InChI is InChI=1S/C25H21N7O2/c1-16-4-5-21-30-23-20(25(34)31(21)14-16)11-19(24(33)29-13-18-3-2-8-28-12-18)22(26)32(23)15-17-6-9-27-10-7-17/h2-12,14,26H,13,15H2,1H3,(H,29,33). The minimum Gasteiger partial charge on any atom is -0.348 e. The van der Waals surface area contributed by atoms with Gasteiger partial charge in [0.2, 0.25) is 0 Å². The zero-order chi connectivity index (χ0) is 23.7. The maximum Gasteiger partial charge on any atom is 0.267 e. The van der Waals surface area contributed by atoms with Gasteiger partial charge < -0.3 is 9.88 Å². The number of fused-ring (bicyclic) bond motifs is 2. The highest BCUT2D eigenvalue weighted by atomic mass is 16.1. The van der Waals surface area contributed by atoms with E-state index in [-0.39, 0.29) is 35.1 Å². The van der Waals surface area contributed by atoms with Crippen molar-refractivity contribution in [2.45, 2.75) is 20.0 Å². The lowest BCUT2D eigenvalue weighted by molar-refractivity contribution is 0.0948. The maximum atomic E-state index is 13.4. The summed E-state index contributed by atoms with van der Waals surface area (Å²) in [6.45, 7) is 2.41. The molecule has 9 nitrogen and oxygen atoms in total. The molecule has 5 heterocycles. The van der Waals surface area contributed by atoms with E-state index in [1.807, 2.05) is 31.2 Å². The van der Waals surface area contributed by atoms with Crippen LogP contribution >= 0.6 is 0 Å². The topological polar surface area (TPSA) is 118 Å². The summed E-state index contributed by atoms with van der Waals surface area (Å²) in [5.41, 5.74) is 3.19. The number of aryl methyl sites for hydroxylation is 1. The second-order valence-corrected chi connectivity index (χ2v) is 7.98. The van der Waals surface area contributed by atoms with Crippen molar-refractivity contribution in [1.29, 1.82) is 5.41 Å². The van der Waals surface area contributed by atoms with E-state index in [9.17, 15) is 9.59 Å². The van der Waals surface area contributed by atoms with Crippen LogP contribution in [0.3, 0.4) is 0 Å². The zero-order valence-corrected chi connectivity index (χ0v) is 18.4. The minimum absolute atomic E-state index is 0.0311. The quantitative estimate of drug-likeness (QED) is 0.397. The molecule has 0 aliphatic rings. The number of aromatic nitrogens is 5. The Hall–Kier alpha value is -4.66. The van der Waals surface area contributed by atoms with Crippen molar-refractivity contribution in [2.24, 2.45) is 0 Å². The molecule has 0 saturated carbocycles. The third-order valence-electron chi connectivity index (χ3n) is 5.57. The van der Waals surface area contributed by atoms with Crippen LogP contribution in [0.4, 0.5) is 0 Å². The van der Waals surface area contributed by atoms with Crippen LogP contribution in [0.2, 0.25) is 0 Å². The van der Waals surface area contributed by atoms with E-state index in [1.54, 1.807) is 47.7 Å². The Morgan fingerprint density at radius 1 is 1.06 bits per heavy atom. The van der Waals surface area contributed by atoms with Crippen LogP contribution in [0.25, 0.3) is 16.7 Å². The minimum atomic E-state index is -0.451. The van der Waals surface area contributed by atoms with Crippen LogP contribution < -0.4 is 16.4 Å². The van der Waals surface area contributed by atoms with Gasteiger partial charge in [-0.05, 0) is 53.9 Å². The first-order chi connectivity index (χ1) is 16.5. The summed E-state index contributed by atoms with van der Waals surface area (Å²) in [6.07, 6.45) is 8.36. The van der Waals surface area contributed by atoms with Crippen LogP contribution in [0.1, 0.15) is 27.0 Å². The summed E-state index contributed by atoms with van der Waals surface area (Å²) >= 11 is 0. The Morgan fingerprint density at radius 3 is 2.65 bits per heavy atom. The van der Waals surface area contributed by atoms with Crippen molar-refractivity contribution in [3.63, 3.8) is 0 Å². The zero-order valence-electron chi connectivity index (χ0n) is 18.4. The van der Waals surface area contributed by atoms with Gasteiger partial charge >= 0.3 is 0 Å². The number of carbonyl (C=O) groups is 1. The molecule has 1 amide bonds. The van der Waals surface area contributed by atoms with Crippen LogP contribution in [0.15, 0.2) is 78.2 Å². The summed E-state index contributed by atoms with van der Waals surface area (Å²) in [6, 6.07) is 12.4. The Bertz CT molecular complexity index is 1640. The average Bonchev–Trinajstić information content (AvgIpc) is 2.86. The molecule has 0 unspecified atom stereocenters. The lowest BCUT2D eigenvalue weighted by atomic mass is 10.1. The van der Waals surface area contributed by atoms with Crippen molar-refractivity contribution >= 4 is 22.6 Å². The van der Waals surface area contributed by atoms with Gasteiger partial charge in [0, 0.05) is 37.5 Å². The monoisotopic (exact) mass is 451 g/mol. The van der Waals surface area contributed by atoms with Crippen LogP contribution in [-0.2, 0) is 13.1 Å². The fraction of sp³-hybridized carbons (Fsp3) is 0.120. The molecule has 34 heavy (non-hydrogen) atoms. The highest BCUT2D eigenvalue weighted by molar-refractivity contribution is 5.96. The molecule has 5 aromatic rings. The lowest BCUT2D eigenvalue weighted by Gasteiger charge is -2.15. The van der Waals surface area contributed by atoms with E-state index < -0.39 is 5.91 Å². The van der Waals surface area contributed by atoms with Gasteiger partial charge in [0.05, 0.1) is 17.5 Å².